The predicted molar refractivity (Wildman–Crippen MR) is 37.5 cm³/mol. The first-order valence-corrected chi connectivity index (χ1v) is 2.40. The molecule has 2 N–H and O–H groups in total. The monoisotopic (exact) mass is 145 g/mol. The molecule has 0 aliphatic heterocycles. The molecule has 0 heterocycles. The third-order valence-corrected chi connectivity index (χ3v) is 0.944. The highest BCUT2D eigenvalue weighted by Gasteiger charge is 1.97. The highest BCUT2D eigenvalue weighted by molar-refractivity contribution is 5.37. The molecule has 56 valence electrons. The molecule has 0 bridgehead atoms. The Kier molecular flexibility index (Phi) is 2.80. The molecule has 0 saturated carbocycles. The summed E-state index contributed by atoms with van der Waals surface area (Å²) >= 11 is 0. The zero-order valence-corrected chi connectivity index (χ0v) is 4.57. The van der Waals surface area contributed by atoms with Gasteiger partial charge in [0.1, 0.15) is 0 Å². The second-order valence-corrected chi connectivity index (χ2v) is 1.67. The van der Waals surface area contributed by atoms with Crippen molar-refractivity contribution in [3.8, 4) is 0 Å². The number of nitrogens with two attached hydrogens (primary N) is 1. The zero-order chi connectivity index (χ0) is 6.85. The summed E-state index contributed by atoms with van der Waals surface area (Å²) in [5, 5.41) is 0. The van der Waals surface area contributed by atoms with Crippen LogP contribution in [0, 0.1) is 11.6 Å². The van der Waals surface area contributed by atoms with Gasteiger partial charge >= 0.3 is 0 Å². The van der Waals surface area contributed by atoms with E-state index in [1.807, 2.05) is 0 Å². The van der Waals surface area contributed by atoms with Crippen LogP contribution < -0.4 is 5.73 Å². The molecular weight excluding hydrogens is 136 g/mol. The topological polar surface area (TPSA) is 26.0 Å². The van der Waals surface area contributed by atoms with Crippen molar-refractivity contribution in [2.24, 2.45) is 0 Å². The molecule has 0 aromatic heterocycles. The molecule has 0 aliphatic rings. The van der Waals surface area contributed by atoms with E-state index in [0.29, 0.717) is 0 Å². The lowest BCUT2D eigenvalue weighted by Gasteiger charge is -1.91. The summed E-state index contributed by atoms with van der Waals surface area (Å²) in [5.41, 5.74) is 5.35. The van der Waals surface area contributed by atoms with Crippen LogP contribution in [-0.4, -0.2) is 0 Å². The van der Waals surface area contributed by atoms with Crippen LogP contribution in [-0.2, 0) is 0 Å². The number of benzene rings is 1. The number of halogens is 2. The summed E-state index contributed by atoms with van der Waals surface area (Å²) in [6.45, 7) is 0. The van der Waals surface area contributed by atoms with Gasteiger partial charge in [-0.3, -0.25) is 0 Å². The molecule has 0 radical (unpaired) electrons. The van der Waals surface area contributed by atoms with Gasteiger partial charge in [0.25, 0.3) is 0 Å². The van der Waals surface area contributed by atoms with Gasteiger partial charge in [0.15, 0.2) is 11.6 Å². The molecule has 1 aromatic carbocycles. The lowest BCUT2D eigenvalue weighted by Crippen LogP contribution is -1.88. The predicted octanol–water partition coefficient (Wildman–Crippen LogP) is 2.18. The summed E-state index contributed by atoms with van der Waals surface area (Å²) in [6.07, 6.45) is 0. The van der Waals surface area contributed by atoms with E-state index < -0.39 is 11.6 Å². The Balaban J connectivity index is 0.000000810. The molecule has 0 atom stereocenters. The van der Waals surface area contributed by atoms with Crippen molar-refractivity contribution in [1.29, 1.82) is 0 Å². The van der Waals surface area contributed by atoms with Gasteiger partial charge < -0.3 is 5.73 Å². The average molecular weight is 145 g/mol. The first-order chi connectivity index (χ1) is 4.20. The van der Waals surface area contributed by atoms with Crippen LogP contribution in [0.5, 0.6) is 0 Å². The van der Waals surface area contributed by atoms with E-state index in [9.17, 15) is 8.78 Å². The van der Waals surface area contributed by atoms with Gasteiger partial charge in [0.2, 0.25) is 0 Å². The summed E-state index contributed by atoms with van der Waals surface area (Å²) in [7, 11) is 0. The number of nitrogen functional groups attached to an aromatic ring is 1. The molecule has 0 amide bonds. The van der Waals surface area contributed by atoms with Crippen molar-refractivity contribution in [2.45, 2.75) is 7.43 Å². The Labute approximate surface area is 58.5 Å². The highest BCUT2D eigenvalue weighted by atomic mass is 19.2. The molecule has 0 unspecified atom stereocenters. The molecular formula is C7H9F2N. The van der Waals surface area contributed by atoms with E-state index in [2.05, 4.69) is 0 Å². The second kappa shape index (κ2) is 3.15. The SMILES string of the molecule is C.Nc1ccc(F)c(F)c1. The lowest BCUT2D eigenvalue weighted by molar-refractivity contribution is 0.509. The Morgan fingerprint density at radius 2 is 1.70 bits per heavy atom. The number of rotatable bonds is 0. The summed E-state index contributed by atoms with van der Waals surface area (Å²) in [6, 6.07) is 3.23. The fourth-order valence-corrected chi connectivity index (χ4v) is 0.512. The molecule has 3 heteroatoms. The van der Waals surface area contributed by atoms with Gasteiger partial charge in [-0.25, -0.2) is 8.78 Å². The maximum Gasteiger partial charge on any atom is 0.160 e. The van der Waals surface area contributed by atoms with Crippen molar-refractivity contribution in [2.75, 3.05) is 5.73 Å². The second-order valence-electron chi connectivity index (χ2n) is 1.67. The van der Waals surface area contributed by atoms with Gasteiger partial charge in [-0.2, -0.15) is 0 Å². The summed E-state index contributed by atoms with van der Waals surface area (Å²) in [4.78, 5) is 0. The van der Waals surface area contributed by atoms with Crippen molar-refractivity contribution >= 4 is 5.69 Å². The van der Waals surface area contributed by atoms with E-state index in [0.717, 1.165) is 12.1 Å². The number of hydrogen-bond donors (Lipinski definition) is 1. The zero-order valence-electron chi connectivity index (χ0n) is 4.57. The van der Waals surface area contributed by atoms with Gasteiger partial charge in [-0.1, -0.05) is 7.43 Å². The van der Waals surface area contributed by atoms with Crippen LogP contribution in [0.4, 0.5) is 14.5 Å². The largest absolute Gasteiger partial charge is 0.399 e. The third-order valence-electron chi connectivity index (χ3n) is 0.944. The molecule has 1 aromatic rings. The van der Waals surface area contributed by atoms with Gasteiger partial charge in [0, 0.05) is 5.69 Å². The standard InChI is InChI=1S/C6H5F2N.CH4/c7-5-2-1-4(9)3-6(5)8;/h1-3H,9H2;1H4. The van der Waals surface area contributed by atoms with Crippen molar-refractivity contribution in [1.82, 2.24) is 0 Å². The molecule has 0 saturated heterocycles. The Bertz CT molecular complexity index is 223. The number of anilines is 1. The molecule has 10 heavy (non-hydrogen) atoms. The van der Waals surface area contributed by atoms with Crippen LogP contribution >= 0.6 is 0 Å². The molecule has 0 fully saturated rings. The maximum atomic E-state index is 12.1. The van der Waals surface area contributed by atoms with Crippen molar-refractivity contribution < 1.29 is 8.78 Å². The fraction of sp³-hybridized carbons (Fsp3) is 0.143. The van der Waals surface area contributed by atoms with Crippen LogP contribution in [0.1, 0.15) is 7.43 Å². The fourth-order valence-electron chi connectivity index (χ4n) is 0.512. The lowest BCUT2D eigenvalue weighted by atomic mass is 10.3. The first kappa shape index (κ1) is 8.88. The maximum absolute atomic E-state index is 12.1. The highest BCUT2D eigenvalue weighted by Crippen LogP contribution is 2.08. The van der Waals surface area contributed by atoms with Gasteiger partial charge in [-0.05, 0) is 18.2 Å². The van der Waals surface area contributed by atoms with Crippen LogP contribution in [0.3, 0.4) is 0 Å². The Morgan fingerprint density at radius 3 is 2.10 bits per heavy atom. The normalized spacial score (nSPS) is 8.60. The molecule has 0 spiro atoms. The number of hydrogen-bond acceptors (Lipinski definition) is 1. The average Bonchev–Trinajstić information content (AvgIpc) is 1.80. The van der Waals surface area contributed by atoms with Crippen LogP contribution in [0.2, 0.25) is 0 Å². The molecule has 1 nitrogen and oxygen atoms in total. The van der Waals surface area contributed by atoms with E-state index in [4.69, 9.17) is 5.73 Å². The van der Waals surface area contributed by atoms with Crippen LogP contribution in [0.25, 0.3) is 0 Å². The minimum atomic E-state index is -0.907. The first-order valence-electron chi connectivity index (χ1n) is 2.40. The minimum Gasteiger partial charge on any atom is -0.399 e. The van der Waals surface area contributed by atoms with Crippen LogP contribution in [0.15, 0.2) is 18.2 Å². The van der Waals surface area contributed by atoms with Crippen molar-refractivity contribution in [3.63, 3.8) is 0 Å². The van der Waals surface area contributed by atoms with E-state index in [-0.39, 0.29) is 13.1 Å². The van der Waals surface area contributed by atoms with E-state index in [1.54, 1.807) is 0 Å². The Hall–Kier alpha value is -1.12. The smallest absolute Gasteiger partial charge is 0.160 e. The van der Waals surface area contributed by atoms with E-state index in [1.165, 1.54) is 6.07 Å². The van der Waals surface area contributed by atoms with Gasteiger partial charge in [0.05, 0.1) is 0 Å². The summed E-state index contributed by atoms with van der Waals surface area (Å²) < 4.78 is 24.2. The van der Waals surface area contributed by atoms with Crippen molar-refractivity contribution in [3.05, 3.63) is 29.8 Å². The van der Waals surface area contributed by atoms with Gasteiger partial charge in [-0.15, -0.1) is 0 Å². The quantitative estimate of drug-likeness (QED) is 0.556. The Morgan fingerprint density at radius 1 is 1.10 bits per heavy atom. The molecule has 0 aliphatic carbocycles. The summed E-state index contributed by atoms with van der Waals surface area (Å²) in [5.74, 6) is -1.78. The minimum absolute atomic E-state index is 0. The van der Waals surface area contributed by atoms with E-state index >= 15 is 0 Å². The molecule has 1 rings (SSSR count). The third kappa shape index (κ3) is 1.69.